The summed E-state index contributed by atoms with van der Waals surface area (Å²) in [6, 6.07) is 75.8. The van der Waals surface area contributed by atoms with E-state index in [1.807, 2.05) is 41.7 Å². The lowest BCUT2D eigenvalue weighted by molar-refractivity contribution is 0.669. The Morgan fingerprint density at radius 2 is 0.873 bits per heavy atom. The van der Waals surface area contributed by atoms with Crippen LogP contribution in [0.2, 0.25) is 0 Å². The Kier molecular flexibility index (Phi) is 7.96. The van der Waals surface area contributed by atoms with Gasteiger partial charge < -0.3 is 4.42 Å². The zero-order valence-corrected chi connectivity index (χ0v) is 34.7. The van der Waals surface area contributed by atoms with Gasteiger partial charge in [-0.2, -0.15) is 0 Å². The molecule has 13 rings (SSSR count). The number of hydrogen-bond donors (Lipinski definition) is 0. The quantitative estimate of drug-likeness (QED) is 0.168. The molecule has 12 aromatic rings. The van der Waals surface area contributed by atoms with Crippen LogP contribution in [0.4, 0.5) is 0 Å². The zero-order chi connectivity index (χ0) is 41.5. The van der Waals surface area contributed by atoms with Crippen LogP contribution in [0.15, 0.2) is 217 Å². The van der Waals surface area contributed by atoms with E-state index < -0.39 is 5.41 Å². The SMILES string of the molecule is c1ccc(-c2cccc(-c3nc(-c4ccc(C5(c6ccc7c(c6)sc6ccccc67)c6ccccc6-c6ccccc65)cc4)nc(-c4ccc5c(c4)oc4ccccc45)n3)c2)cc1. The molecule has 0 bridgehead atoms. The topological polar surface area (TPSA) is 51.8 Å². The van der Waals surface area contributed by atoms with E-state index in [1.54, 1.807) is 0 Å². The number of nitrogens with zero attached hydrogens (tertiary/aromatic N) is 3. The van der Waals surface area contributed by atoms with Gasteiger partial charge in [-0.25, -0.2) is 15.0 Å². The fourth-order valence-electron chi connectivity index (χ4n) is 9.95. The van der Waals surface area contributed by atoms with E-state index in [1.165, 1.54) is 53.6 Å². The molecule has 0 N–H and O–H groups in total. The lowest BCUT2D eigenvalue weighted by atomic mass is 9.67. The molecule has 5 heteroatoms. The Morgan fingerprint density at radius 3 is 1.65 bits per heavy atom. The Balaban J connectivity index is 0.991. The number of benzene rings is 9. The summed E-state index contributed by atoms with van der Waals surface area (Å²) in [5.41, 5.74) is 13.5. The van der Waals surface area contributed by atoms with Crippen molar-refractivity contribution in [2.45, 2.75) is 5.41 Å². The minimum absolute atomic E-state index is 0.550. The highest BCUT2D eigenvalue weighted by Crippen LogP contribution is 2.56. The number of rotatable bonds is 6. The van der Waals surface area contributed by atoms with E-state index in [9.17, 15) is 0 Å². The van der Waals surface area contributed by atoms with E-state index in [2.05, 4.69) is 182 Å². The molecule has 0 amide bonds. The van der Waals surface area contributed by atoms with Gasteiger partial charge >= 0.3 is 0 Å². The summed E-state index contributed by atoms with van der Waals surface area (Å²) in [6.45, 7) is 0. The summed E-state index contributed by atoms with van der Waals surface area (Å²) < 4.78 is 8.92. The highest BCUT2D eigenvalue weighted by atomic mass is 32.1. The molecule has 4 nitrogen and oxygen atoms in total. The molecule has 3 heterocycles. The monoisotopic (exact) mass is 821 g/mol. The largest absolute Gasteiger partial charge is 0.456 e. The van der Waals surface area contributed by atoms with Crippen molar-refractivity contribution < 1.29 is 4.42 Å². The summed E-state index contributed by atoms with van der Waals surface area (Å²) >= 11 is 1.86. The van der Waals surface area contributed by atoms with Gasteiger partial charge in [-0.15, -0.1) is 11.3 Å². The molecule has 0 atom stereocenters. The maximum Gasteiger partial charge on any atom is 0.164 e. The van der Waals surface area contributed by atoms with E-state index in [0.717, 1.165) is 49.8 Å². The van der Waals surface area contributed by atoms with Crippen molar-refractivity contribution in [3.05, 3.63) is 235 Å². The molecule has 0 aliphatic heterocycles. The fraction of sp³-hybridized carbons (Fsp3) is 0.0172. The first-order chi connectivity index (χ1) is 31.2. The van der Waals surface area contributed by atoms with E-state index in [-0.39, 0.29) is 0 Å². The number of fused-ring (bicyclic) bond motifs is 9. The van der Waals surface area contributed by atoms with Gasteiger partial charge in [0.15, 0.2) is 17.5 Å². The van der Waals surface area contributed by atoms with Crippen molar-refractivity contribution in [3.8, 4) is 56.4 Å². The molecule has 1 aliphatic rings. The first-order valence-corrected chi connectivity index (χ1v) is 22.1. The van der Waals surface area contributed by atoms with Crippen molar-refractivity contribution in [1.29, 1.82) is 0 Å². The second-order valence-corrected chi connectivity index (χ2v) is 17.4. The predicted molar refractivity (Wildman–Crippen MR) is 259 cm³/mol. The number of furan rings is 1. The van der Waals surface area contributed by atoms with Crippen molar-refractivity contribution in [2.24, 2.45) is 0 Å². The summed E-state index contributed by atoms with van der Waals surface area (Å²) in [6.07, 6.45) is 0. The molecule has 3 aromatic heterocycles. The van der Waals surface area contributed by atoms with E-state index >= 15 is 0 Å². The van der Waals surface area contributed by atoms with Gasteiger partial charge in [0.25, 0.3) is 0 Å². The van der Waals surface area contributed by atoms with Gasteiger partial charge in [0.05, 0.1) is 5.41 Å². The smallest absolute Gasteiger partial charge is 0.164 e. The van der Waals surface area contributed by atoms with Gasteiger partial charge in [-0.05, 0) is 80.9 Å². The van der Waals surface area contributed by atoms with Gasteiger partial charge in [0.1, 0.15) is 11.2 Å². The average molecular weight is 822 g/mol. The van der Waals surface area contributed by atoms with Crippen LogP contribution >= 0.6 is 11.3 Å². The van der Waals surface area contributed by atoms with Crippen molar-refractivity contribution in [1.82, 2.24) is 15.0 Å². The van der Waals surface area contributed by atoms with Crippen LogP contribution in [0.5, 0.6) is 0 Å². The van der Waals surface area contributed by atoms with Crippen molar-refractivity contribution >= 4 is 53.4 Å². The molecule has 63 heavy (non-hydrogen) atoms. The molecule has 0 spiro atoms. The molecule has 1 aliphatic carbocycles. The summed E-state index contributed by atoms with van der Waals surface area (Å²) in [7, 11) is 0. The number of aromatic nitrogens is 3. The third-order valence-electron chi connectivity index (χ3n) is 12.8. The summed E-state index contributed by atoms with van der Waals surface area (Å²) in [4.78, 5) is 15.6. The average Bonchev–Trinajstić information content (AvgIpc) is 4.02. The number of hydrogen-bond acceptors (Lipinski definition) is 5. The molecule has 9 aromatic carbocycles. The van der Waals surface area contributed by atoms with Gasteiger partial charge in [-0.3, -0.25) is 0 Å². The number of thiophene rings is 1. The zero-order valence-electron chi connectivity index (χ0n) is 33.9. The fourth-order valence-corrected chi connectivity index (χ4v) is 11.1. The Bertz CT molecular complexity index is 3710. The van der Waals surface area contributed by atoms with Crippen molar-refractivity contribution in [3.63, 3.8) is 0 Å². The molecule has 0 saturated carbocycles. The highest BCUT2D eigenvalue weighted by Gasteiger charge is 2.46. The van der Waals surface area contributed by atoms with Gasteiger partial charge in [0, 0.05) is 47.6 Å². The van der Waals surface area contributed by atoms with Crippen molar-refractivity contribution in [2.75, 3.05) is 0 Å². The summed E-state index contributed by atoms with van der Waals surface area (Å²) in [5.74, 6) is 1.79. The maximum atomic E-state index is 6.34. The first-order valence-electron chi connectivity index (χ1n) is 21.2. The van der Waals surface area contributed by atoms with E-state index in [0.29, 0.717) is 17.5 Å². The lowest BCUT2D eigenvalue weighted by Crippen LogP contribution is -2.28. The molecular weight excluding hydrogens is 787 g/mol. The third-order valence-corrected chi connectivity index (χ3v) is 14.0. The molecule has 0 unspecified atom stereocenters. The normalized spacial score (nSPS) is 12.9. The molecule has 0 radical (unpaired) electrons. The van der Waals surface area contributed by atoms with Crippen LogP contribution in [0.3, 0.4) is 0 Å². The Labute approximate surface area is 367 Å². The van der Waals surface area contributed by atoms with Crippen LogP contribution in [-0.2, 0) is 5.41 Å². The molecular formula is C58H35N3OS. The molecule has 0 fully saturated rings. The minimum atomic E-state index is -0.550. The van der Waals surface area contributed by atoms with E-state index in [4.69, 9.17) is 19.4 Å². The van der Waals surface area contributed by atoms with Crippen LogP contribution in [0.1, 0.15) is 22.3 Å². The predicted octanol–water partition coefficient (Wildman–Crippen LogP) is 15.2. The maximum absolute atomic E-state index is 6.34. The van der Waals surface area contributed by atoms with Crippen LogP contribution in [0, 0.1) is 0 Å². The molecule has 294 valence electrons. The molecule has 0 saturated heterocycles. The van der Waals surface area contributed by atoms with Crippen LogP contribution < -0.4 is 0 Å². The lowest BCUT2D eigenvalue weighted by Gasteiger charge is -2.34. The van der Waals surface area contributed by atoms with Crippen LogP contribution in [-0.4, -0.2) is 15.0 Å². The highest BCUT2D eigenvalue weighted by molar-refractivity contribution is 7.25. The Hall–Kier alpha value is -7.99. The van der Waals surface area contributed by atoms with Gasteiger partial charge in [0.2, 0.25) is 0 Å². The van der Waals surface area contributed by atoms with Crippen LogP contribution in [0.25, 0.3) is 98.5 Å². The number of para-hydroxylation sites is 1. The standard InChI is InChI=1S/C58H35N3OS/c1-2-13-36(14-3-1)38-15-12-16-39(33-38)56-59-55(60-57(61-56)40-27-31-46-45-19-6-10-23-51(45)62-52(46)34-40)37-25-28-41(29-26-37)58(49-21-8-4-17-43(49)44-18-5-9-22-50(44)58)42-30-32-48-47-20-7-11-24-53(47)63-54(48)35-42/h1-35H. The van der Waals surface area contributed by atoms with Gasteiger partial charge in [-0.1, -0.05) is 176 Å². The third kappa shape index (κ3) is 5.57. The minimum Gasteiger partial charge on any atom is -0.456 e. The Morgan fingerprint density at radius 1 is 0.333 bits per heavy atom. The first kappa shape index (κ1) is 35.7. The second-order valence-electron chi connectivity index (χ2n) is 16.3. The summed E-state index contributed by atoms with van der Waals surface area (Å²) in [5, 5.41) is 4.74. The second kappa shape index (κ2) is 14.0.